The third-order valence-corrected chi connectivity index (χ3v) is 8.39. The lowest BCUT2D eigenvalue weighted by Crippen LogP contribution is -2.56. The minimum atomic E-state index is -1.61. The predicted molar refractivity (Wildman–Crippen MR) is 68.4 cm³/mol. The van der Waals surface area contributed by atoms with Crippen LogP contribution >= 0.6 is 0 Å². The van der Waals surface area contributed by atoms with E-state index in [-0.39, 0.29) is 0 Å². The van der Waals surface area contributed by atoms with E-state index in [4.69, 9.17) is 4.43 Å². The molecule has 0 aliphatic heterocycles. The van der Waals surface area contributed by atoms with E-state index in [1.807, 2.05) is 7.11 Å². The van der Waals surface area contributed by atoms with Crippen molar-refractivity contribution in [2.75, 3.05) is 13.7 Å². The zero-order valence-electron chi connectivity index (χ0n) is 10.6. The van der Waals surface area contributed by atoms with E-state index in [1.165, 1.54) is 44.6 Å². The van der Waals surface area contributed by atoms with Gasteiger partial charge in [-0.25, -0.2) is 0 Å². The second kappa shape index (κ2) is 6.66. The van der Waals surface area contributed by atoms with Gasteiger partial charge in [-0.1, -0.05) is 33.1 Å². The first-order chi connectivity index (χ1) is 7.29. The summed E-state index contributed by atoms with van der Waals surface area (Å²) in [4.78, 5) is 3.79. The molecule has 0 amide bonds. The molecule has 0 heterocycles. The van der Waals surface area contributed by atoms with Crippen LogP contribution in [0.3, 0.4) is 0 Å². The van der Waals surface area contributed by atoms with Crippen LogP contribution in [0.25, 0.3) is 0 Å². The van der Waals surface area contributed by atoms with Gasteiger partial charge in [-0.05, 0) is 37.4 Å². The summed E-state index contributed by atoms with van der Waals surface area (Å²) in [5.41, 5.74) is 0.869. The fraction of sp³-hybridized carbons (Fsp3) is 1.00. The topological polar surface area (TPSA) is 21.3 Å². The van der Waals surface area contributed by atoms with Gasteiger partial charge in [-0.2, -0.15) is 0 Å². The van der Waals surface area contributed by atoms with Crippen molar-refractivity contribution < 1.29 is 4.43 Å². The van der Waals surface area contributed by atoms with Crippen molar-refractivity contribution in [3.8, 4) is 0 Å². The molecule has 1 fully saturated rings. The summed E-state index contributed by atoms with van der Waals surface area (Å²) in [6.45, 7) is 5.66. The summed E-state index contributed by atoms with van der Waals surface area (Å²) < 4.78 is 5.99. The van der Waals surface area contributed by atoms with Crippen molar-refractivity contribution in [3.05, 3.63) is 0 Å². The highest BCUT2D eigenvalue weighted by molar-refractivity contribution is 6.72. The predicted octanol–water partition coefficient (Wildman–Crippen LogP) is 3.43. The molecule has 0 aromatic heterocycles. The third kappa shape index (κ3) is 3.30. The van der Waals surface area contributed by atoms with Crippen LogP contribution in [-0.4, -0.2) is 22.1 Å². The maximum Gasteiger partial charge on any atom is 0.271 e. The minimum Gasteiger partial charge on any atom is -0.406 e. The van der Waals surface area contributed by atoms with E-state index in [1.54, 1.807) is 0 Å². The largest absolute Gasteiger partial charge is 0.406 e. The highest BCUT2D eigenvalue weighted by Gasteiger charge is 2.42. The molecule has 0 aromatic rings. The smallest absolute Gasteiger partial charge is 0.271 e. The molecular formula is C12H27NOSi. The Morgan fingerprint density at radius 3 is 2.33 bits per heavy atom. The molecule has 2 nitrogen and oxygen atoms in total. The Morgan fingerprint density at radius 2 is 1.87 bits per heavy atom. The third-order valence-electron chi connectivity index (χ3n) is 3.67. The molecule has 0 aromatic carbocycles. The maximum atomic E-state index is 5.99. The normalized spacial score (nSPS) is 21.8. The zero-order valence-corrected chi connectivity index (χ0v) is 11.6. The summed E-state index contributed by atoms with van der Waals surface area (Å²) >= 11 is 0. The lowest BCUT2D eigenvalue weighted by molar-refractivity contribution is 0.358. The monoisotopic (exact) mass is 229 g/mol. The average molecular weight is 229 g/mol. The number of nitrogens with one attached hydrogen (secondary N) is 1. The molecule has 0 radical (unpaired) electrons. The molecule has 0 saturated heterocycles. The minimum absolute atomic E-state index is 0.869. The lowest BCUT2D eigenvalue weighted by Gasteiger charge is -2.35. The van der Waals surface area contributed by atoms with Crippen molar-refractivity contribution in [3.63, 3.8) is 0 Å². The van der Waals surface area contributed by atoms with Gasteiger partial charge in [0, 0.05) is 7.11 Å². The van der Waals surface area contributed by atoms with Crippen LogP contribution in [0.15, 0.2) is 0 Å². The van der Waals surface area contributed by atoms with Crippen molar-refractivity contribution in [2.24, 2.45) is 0 Å². The molecule has 1 unspecified atom stereocenters. The summed E-state index contributed by atoms with van der Waals surface area (Å²) in [5, 5.41) is 0. The molecule has 15 heavy (non-hydrogen) atoms. The fourth-order valence-corrected chi connectivity index (χ4v) is 7.19. The van der Waals surface area contributed by atoms with E-state index in [9.17, 15) is 0 Å². The van der Waals surface area contributed by atoms with Crippen LogP contribution in [-0.2, 0) is 4.43 Å². The molecule has 1 atom stereocenters. The van der Waals surface area contributed by atoms with Gasteiger partial charge in [0.25, 0.3) is 8.48 Å². The maximum absolute atomic E-state index is 5.99. The Balaban J connectivity index is 2.62. The van der Waals surface area contributed by atoms with Crippen molar-refractivity contribution in [2.45, 2.75) is 64.0 Å². The Morgan fingerprint density at radius 1 is 1.20 bits per heavy atom. The van der Waals surface area contributed by atoms with E-state index >= 15 is 0 Å². The van der Waals surface area contributed by atoms with Gasteiger partial charge in [0.1, 0.15) is 0 Å². The number of hydrogen-bond acceptors (Lipinski definition) is 2. The average Bonchev–Trinajstić information content (AvgIpc) is 2.78. The first kappa shape index (κ1) is 13.2. The zero-order chi connectivity index (χ0) is 11.1. The highest BCUT2D eigenvalue weighted by atomic mass is 28.4. The van der Waals surface area contributed by atoms with Crippen molar-refractivity contribution in [1.29, 1.82) is 0 Å². The second-order valence-electron chi connectivity index (χ2n) is 4.75. The van der Waals surface area contributed by atoms with Gasteiger partial charge < -0.3 is 9.41 Å². The SMILES string of the molecule is CCCN[Si](CCC)(OC)C1CCCC1. The van der Waals surface area contributed by atoms with Gasteiger partial charge in [-0.3, -0.25) is 0 Å². The van der Waals surface area contributed by atoms with E-state index in [0.717, 1.165) is 12.1 Å². The molecular weight excluding hydrogens is 202 g/mol. The summed E-state index contributed by atoms with van der Waals surface area (Å²) in [5.74, 6) is 0. The van der Waals surface area contributed by atoms with E-state index < -0.39 is 8.48 Å². The second-order valence-corrected chi connectivity index (χ2v) is 8.61. The Labute approximate surface area is 96.0 Å². The van der Waals surface area contributed by atoms with Gasteiger partial charge >= 0.3 is 0 Å². The molecule has 1 aliphatic rings. The van der Waals surface area contributed by atoms with Crippen LogP contribution in [0.5, 0.6) is 0 Å². The molecule has 1 rings (SSSR count). The van der Waals surface area contributed by atoms with Crippen molar-refractivity contribution >= 4 is 8.48 Å². The first-order valence-corrected chi connectivity index (χ1v) is 8.78. The van der Waals surface area contributed by atoms with E-state index in [0.29, 0.717) is 0 Å². The number of hydrogen-bond donors (Lipinski definition) is 1. The number of rotatable bonds is 7. The molecule has 0 spiro atoms. The van der Waals surface area contributed by atoms with Gasteiger partial charge in [-0.15, -0.1) is 0 Å². The quantitative estimate of drug-likeness (QED) is 0.675. The summed E-state index contributed by atoms with van der Waals surface area (Å²) in [6, 6.07) is 1.29. The Hall–Kier alpha value is 0.137. The van der Waals surface area contributed by atoms with Crippen LogP contribution < -0.4 is 4.98 Å². The van der Waals surface area contributed by atoms with Gasteiger partial charge in [0.05, 0.1) is 0 Å². The highest BCUT2D eigenvalue weighted by Crippen LogP contribution is 2.39. The Bertz CT molecular complexity index is 171. The summed E-state index contributed by atoms with van der Waals surface area (Å²) in [7, 11) is 0.326. The lowest BCUT2D eigenvalue weighted by atomic mass is 10.4. The van der Waals surface area contributed by atoms with Crippen molar-refractivity contribution in [1.82, 2.24) is 4.98 Å². The first-order valence-electron chi connectivity index (χ1n) is 6.59. The molecule has 1 saturated carbocycles. The molecule has 3 heteroatoms. The van der Waals surface area contributed by atoms with Crippen LogP contribution in [0.1, 0.15) is 52.4 Å². The standard InChI is InChI=1S/C12H27NOSi/c1-4-10-13-15(14-3,11-5-2)12-8-6-7-9-12/h12-13H,4-11H2,1-3H3. The summed E-state index contributed by atoms with van der Waals surface area (Å²) in [6.07, 6.45) is 8.11. The van der Waals surface area contributed by atoms with Crippen LogP contribution in [0.4, 0.5) is 0 Å². The fourth-order valence-electron chi connectivity index (χ4n) is 2.88. The van der Waals surface area contributed by atoms with E-state index in [2.05, 4.69) is 18.8 Å². The molecule has 90 valence electrons. The Kier molecular flexibility index (Phi) is 5.86. The van der Waals surface area contributed by atoms with Crippen LogP contribution in [0, 0.1) is 0 Å². The van der Waals surface area contributed by atoms with Gasteiger partial charge in [0.15, 0.2) is 0 Å². The van der Waals surface area contributed by atoms with Crippen LogP contribution in [0.2, 0.25) is 11.6 Å². The van der Waals surface area contributed by atoms with Gasteiger partial charge in [0.2, 0.25) is 0 Å². The molecule has 1 N–H and O–H groups in total. The molecule has 0 bridgehead atoms. The molecule has 1 aliphatic carbocycles.